The van der Waals surface area contributed by atoms with Gasteiger partial charge >= 0.3 is 0 Å². The van der Waals surface area contributed by atoms with Gasteiger partial charge in [-0.2, -0.15) is 0 Å². The van der Waals surface area contributed by atoms with E-state index in [1.807, 2.05) is 23.6 Å². The Morgan fingerprint density at radius 2 is 1.85 bits per heavy atom. The summed E-state index contributed by atoms with van der Waals surface area (Å²) in [6.07, 6.45) is 1.36. The number of anilines is 1. The van der Waals surface area contributed by atoms with Crippen LogP contribution in [0.1, 0.15) is 38.2 Å². The van der Waals surface area contributed by atoms with Crippen molar-refractivity contribution < 1.29 is 4.79 Å². The molecule has 3 aromatic rings. The first-order valence-corrected chi connectivity index (χ1v) is 11.0. The molecule has 0 fully saturated rings. The number of thiazole rings is 1. The molecule has 0 radical (unpaired) electrons. The molecule has 0 spiro atoms. The molecule has 0 unspecified atom stereocenters. The van der Waals surface area contributed by atoms with Gasteiger partial charge in [0.25, 0.3) is 0 Å². The summed E-state index contributed by atoms with van der Waals surface area (Å²) in [5.41, 5.74) is 3.30. The molecule has 3 rings (SSSR count). The fourth-order valence-corrected chi connectivity index (χ4v) is 4.23. The Balaban J connectivity index is 1.46. The van der Waals surface area contributed by atoms with E-state index in [9.17, 15) is 4.79 Å². The van der Waals surface area contributed by atoms with Gasteiger partial charge in [0.15, 0.2) is 5.13 Å². The summed E-state index contributed by atoms with van der Waals surface area (Å²) in [6.45, 7) is 4.37. The smallest absolute Gasteiger partial charge is 0.226 e. The molecule has 3 nitrogen and oxygen atoms in total. The Kier molecular flexibility index (Phi) is 7.07. The quantitative estimate of drug-likeness (QED) is 0.352. The highest BCUT2D eigenvalue weighted by Gasteiger charge is 2.09. The predicted molar refractivity (Wildman–Crippen MR) is 117 cm³/mol. The normalized spacial score (nSPS) is 10.9. The number of nitrogens with one attached hydrogen (secondary N) is 1. The van der Waals surface area contributed by atoms with Crippen LogP contribution >= 0.6 is 23.1 Å². The summed E-state index contributed by atoms with van der Waals surface area (Å²) in [6, 6.07) is 18.7. The van der Waals surface area contributed by atoms with Crippen LogP contribution in [-0.2, 0) is 4.79 Å². The molecule has 0 saturated heterocycles. The molecule has 0 bridgehead atoms. The molecule has 0 aliphatic heterocycles. The second kappa shape index (κ2) is 9.72. The van der Waals surface area contributed by atoms with Crippen LogP contribution in [0.2, 0.25) is 0 Å². The number of aromatic nitrogens is 1. The van der Waals surface area contributed by atoms with Crippen molar-refractivity contribution in [3.63, 3.8) is 0 Å². The minimum absolute atomic E-state index is 0.0275. The van der Waals surface area contributed by atoms with Crippen molar-refractivity contribution >= 4 is 34.1 Å². The minimum atomic E-state index is 0.0275. The van der Waals surface area contributed by atoms with Gasteiger partial charge in [-0.25, -0.2) is 4.98 Å². The number of hydrogen-bond donors (Lipinski definition) is 1. The van der Waals surface area contributed by atoms with Crippen molar-refractivity contribution in [3.8, 4) is 11.3 Å². The Hall–Kier alpha value is -2.11. The van der Waals surface area contributed by atoms with Crippen LogP contribution in [0.25, 0.3) is 11.3 Å². The summed E-state index contributed by atoms with van der Waals surface area (Å²) < 4.78 is 0. The van der Waals surface area contributed by atoms with E-state index in [1.165, 1.54) is 21.8 Å². The molecule has 1 heterocycles. The van der Waals surface area contributed by atoms with Gasteiger partial charge in [0, 0.05) is 22.3 Å². The maximum absolute atomic E-state index is 12.1. The zero-order valence-electron chi connectivity index (χ0n) is 15.6. The Labute approximate surface area is 169 Å². The van der Waals surface area contributed by atoms with Crippen molar-refractivity contribution in [1.29, 1.82) is 0 Å². The first kappa shape index (κ1) is 19.6. The van der Waals surface area contributed by atoms with Crippen LogP contribution in [0, 0.1) is 0 Å². The van der Waals surface area contributed by atoms with E-state index in [4.69, 9.17) is 0 Å². The molecule has 0 atom stereocenters. The standard InChI is InChI=1S/C22H24N2OS2/c1-16(2)17-10-12-18(13-11-17)20-15-27-22(23-20)24-21(25)9-6-14-26-19-7-4-3-5-8-19/h3-5,7-8,10-13,15-16H,6,9,14H2,1-2H3,(H,23,24,25). The summed E-state index contributed by atoms with van der Waals surface area (Å²) in [7, 11) is 0. The fourth-order valence-electron chi connectivity index (χ4n) is 2.62. The van der Waals surface area contributed by atoms with E-state index in [2.05, 4.69) is 60.5 Å². The Morgan fingerprint density at radius 3 is 2.56 bits per heavy atom. The van der Waals surface area contributed by atoms with Crippen molar-refractivity contribution in [2.75, 3.05) is 11.1 Å². The highest BCUT2D eigenvalue weighted by molar-refractivity contribution is 7.99. The molecule has 27 heavy (non-hydrogen) atoms. The van der Waals surface area contributed by atoms with E-state index in [1.54, 1.807) is 11.8 Å². The van der Waals surface area contributed by atoms with Crippen molar-refractivity contribution in [1.82, 2.24) is 4.98 Å². The van der Waals surface area contributed by atoms with E-state index in [0.29, 0.717) is 17.5 Å². The van der Waals surface area contributed by atoms with E-state index in [-0.39, 0.29) is 5.91 Å². The lowest BCUT2D eigenvalue weighted by Crippen LogP contribution is -2.11. The molecular formula is C22H24N2OS2. The van der Waals surface area contributed by atoms with Crippen molar-refractivity contribution in [2.45, 2.75) is 37.5 Å². The van der Waals surface area contributed by atoms with E-state index in [0.717, 1.165) is 23.4 Å². The Morgan fingerprint density at radius 1 is 1.11 bits per heavy atom. The van der Waals surface area contributed by atoms with Crippen molar-refractivity contribution in [2.24, 2.45) is 0 Å². The third kappa shape index (κ3) is 5.94. The lowest BCUT2D eigenvalue weighted by molar-refractivity contribution is -0.116. The maximum Gasteiger partial charge on any atom is 0.226 e. The molecule has 140 valence electrons. The molecule has 0 aliphatic carbocycles. The van der Waals surface area contributed by atoms with Crippen LogP contribution in [-0.4, -0.2) is 16.6 Å². The number of hydrogen-bond acceptors (Lipinski definition) is 4. The van der Waals surface area contributed by atoms with Crippen LogP contribution in [0.3, 0.4) is 0 Å². The number of carbonyl (C=O) groups is 1. The number of amides is 1. The second-order valence-corrected chi connectivity index (χ2v) is 8.65. The molecule has 0 aliphatic rings. The first-order valence-electron chi connectivity index (χ1n) is 9.15. The van der Waals surface area contributed by atoms with Gasteiger partial charge in [-0.05, 0) is 35.8 Å². The minimum Gasteiger partial charge on any atom is -0.302 e. The van der Waals surface area contributed by atoms with Crippen LogP contribution < -0.4 is 5.32 Å². The summed E-state index contributed by atoms with van der Waals surface area (Å²) in [5.74, 6) is 1.48. The van der Waals surface area contributed by atoms with Crippen LogP contribution in [0.5, 0.6) is 0 Å². The maximum atomic E-state index is 12.1. The molecule has 1 aromatic heterocycles. The van der Waals surface area contributed by atoms with Crippen LogP contribution in [0.15, 0.2) is 64.9 Å². The number of carbonyl (C=O) groups excluding carboxylic acids is 1. The first-order chi connectivity index (χ1) is 13.1. The van der Waals surface area contributed by atoms with E-state index >= 15 is 0 Å². The zero-order valence-corrected chi connectivity index (χ0v) is 17.3. The fraction of sp³-hybridized carbons (Fsp3) is 0.273. The summed E-state index contributed by atoms with van der Waals surface area (Å²) >= 11 is 3.25. The molecule has 1 amide bonds. The van der Waals surface area contributed by atoms with Crippen LogP contribution in [0.4, 0.5) is 5.13 Å². The third-order valence-electron chi connectivity index (χ3n) is 4.18. The molecule has 2 aromatic carbocycles. The highest BCUT2D eigenvalue weighted by Crippen LogP contribution is 2.26. The number of benzene rings is 2. The molecule has 0 saturated carbocycles. The van der Waals surface area contributed by atoms with E-state index < -0.39 is 0 Å². The largest absolute Gasteiger partial charge is 0.302 e. The van der Waals surface area contributed by atoms with Gasteiger partial charge in [0.05, 0.1) is 5.69 Å². The molecular weight excluding hydrogens is 372 g/mol. The molecule has 5 heteroatoms. The van der Waals surface area contributed by atoms with Gasteiger partial charge in [-0.1, -0.05) is 56.3 Å². The lowest BCUT2D eigenvalue weighted by atomic mass is 10.0. The summed E-state index contributed by atoms with van der Waals surface area (Å²) in [4.78, 5) is 17.9. The number of thioether (sulfide) groups is 1. The SMILES string of the molecule is CC(C)c1ccc(-c2csc(NC(=O)CCCSc3ccccc3)n2)cc1. The van der Waals surface area contributed by atoms with Gasteiger partial charge < -0.3 is 5.32 Å². The van der Waals surface area contributed by atoms with Gasteiger partial charge in [0.1, 0.15) is 0 Å². The Bertz CT molecular complexity index is 858. The predicted octanol–water partition coefficient (Wildman–Crippen LogP) is 6.44. The monoisotopic (exact) mass is 396 g/mol. The number of nitrogens with zero attached hydrogens (tertiary/aromatic N) is 1. The third-order valence-corrected chi connectivity index (χ3v) is 6.04. The topological polar surface area (TPSA) is 42.0 Å². The van der Waals surface area contributed by atoms with Gasteiger partial charge in [-0.3, -0.25) is 4.79 Å². The molecule has 1 N–H and O–H groups in total. The highest BCUT2D eigenvalue weighted by atomic mass is 32.2. The van der Waals surface area contributed by atoms with Crippen molar-refractivity contribution in [3.05, 3.63) is 65.5 Å². The summed E-state index contributed by atoms with van der Waals surface area (Å²) in [5, 5.41) is 5.58. The lowest BCUT2D eigenvalue weighted by Gasteiger charge is -2.05. The average Bonchev–Trinajstić information content (AvgIpc) is 3.14. The van der Waals surface area contributed by atoms with Gasteiger partial charge in [0.2, 0.25) is 5.91 Å². The second-order valence-electron chi connectivity index (χ2n) is 6.63. The average molecular weight is 397 g/mol. The zero-order chi connectivity index (χ0) is 19.1. The van der Waals surface area contributed by atoms with Gasteiger partial charge in [-0.15, -0.1) is 23.1 Å². The number of rotatable bonds is 8.